The zero-order valence-electron chi connectivity index (χ0n) is 11.7. The van der Waals surface area contributed by atoms with Gasteiger partial charge in [-0.05, 0) is 31.8 Å². The van der Waals surface area contributed by atoms with Gasteiger partial charge in [0, 0.05) is 13.0 Å². The van der Waals surface area contributed by atoms with Crippen LogP contribution < -0.4 is 0 Å². The van der Waals surface area contributed by atoms with E-state index in [4.69, 9.17) is 9.47 Å². The molecule has 2 atom stereocenters. The molecule has 0 saturated carbocycles. The maximum atomic E-state index is 5.85. The zero-order chi connectivity index (χ0) is 12.5. The Bertz CT molecular complexity index is 223. The van der Waals surface area contributed by atoms with Crippen LogP contribution in [0, 0.1) is 0 Å². The predicted octanol–water partition coefficient (Wildman–Crippen LogP) is 4.44. The fraction of sp³-hybridized carbons (Fsp3) is 0.867. The molecule has 2 nitrogen and oxygen atoms in total. The Morgan fingerprint density at radius 3 is 2.71 bits per heavy atom. The quantitative estimate of drug-likeness (QED) is 0.461. The van der Waals surface area contributed by atoms with Crippen LogP contribution >= 0.6 is 0 Å². The van der Waals surface area contributed by atoms with Gasteiger partial charge in [0.25, 0.3) is 0 Å². The first-order chi connectivity index (χ1) is 8.31. The second-order valence-corrected chi connectivity index (χ2v) is 4.75. The van der Waals surface area contributed by atoms with E-state index in [0.29, 0.717) is 6.10 Å². The van der Waals surface area contributed by atoms with Gasteiger partial charge in [0.2, 0.25) is 0 Å². The molecular formula is C15H28O2. The van der Waals surface area contributed by atoms with E-state index in [9.17, 15) is 0 Å². The lowest BCUT2D eigenvalue weighted by Gasteiger charge is -2.11. The summed E-state index contributed by atoms with van der Waals surface area (Å²) in [5.74, 6) is 0. The largest absolute Gasteiger partial charge is 0.353 e. The minimum Gasteiger partial charge on any atom is -0.353 e. The smallest absolute Gasteiger partial charge is 0.162 e. The molecule has 1 saturated heterocycles. The topological polar surface area (TPSA) is 18.5 Å². The summed E-state index contributed by atoms with van der Waals surface area (Å²) in [7, 11) is 0. The molecule has 0 aromatic rings. The third kappa shape index (κ3) is 5.22. The molecule has 0 spiro atoms. The average Bonchev–Trinajstić information content (AvgIpc) is 2.72. The number of rotatable bonds is 8. The second kappa shape index (κ2) is 8.71. The van der Waals surface area contributed by atoms with Crippen LogP contribution in [0.5, 0.6) is 0 Å². The van der Waals surface area contributed by atoms with Crippen LogP contribution in [0.15, 0.2) is 11.6 Å². The molecule has 1 fully saturated rings. The molecule has 100 valence electrons. The highest BCUT2D eigenvalue weighted by Crippen LogP contribution is 2.29. The van der Waals surface area contributed by atoms with Crippen molar-refractivity contribution in [3.05, 3.63) is 11.6 Å². The van der Waals surface area contributed by atoms with Gasteiger partial charge in [0.15, 0.2) is 6.29 Å². The van der Waals surface area contributed by atoms with Gasteiger partial charge < -0.3 is 9.47 Å². The van der Waals surface area contributed by atoms with Crippen molar-refractivity contribution >= 4 is 0 Å². The summed E-state index contributed by atoms with van der Waals surface area (Å²) in [6.07, 6.45) is 11.3. The summed E-state index contributed by atoms with van der Waals surface area (Å²) < 4.78 is 11.4. The summed E-state index contributed by atoms with van der Waals surface area (Å²) in [6, 6.07) is 0. The van der Waals surface area contributed by atoms with Gasteiger partial charge in [0.1, 0.15) is 0 Å². The van der Waals surface area contributed by atoms with Crippen molar-refractivity contribution in [1.82, 2.24) is 0 Å². The van der Waals surface area contributed by atoms with Crippen molar-refractivity contribution in [2.75, 3.05) is 6.61 Å². The van der Waals surface area contributed by atoms with Crippen LogP contribution in [0.1, 0.15) is 65.7 Å². The highest BCUT2D eigenvalue weighted by molar-refractivity contribution is 5.12. The molecule has 0 amide bonds. The number of ether oxygens (including phenoxy) is 2. The Morgan fingerprint density at radius 2 is 2.06 bits per heavy atom. The molecular weight excluding hydrogens is 212 g/mol. The third-order valence-electron chi connectivity index (χ3n) is 3.32. The van der Waals surface area contributed by atoms with E-state index in [-0.39, 0.29) is 6.29 Å². The molecule has 0 aliphatic carbocycles. The molecule has 0 radical (unpaired) electrons. The van der Waals surface area contributed by atoms with Crippen LogP contribution in [-0.2, 0) is 9.47 Å². The monoisotopic (exact) mass is 240 g/mol. The molecule has 0 bridgehead atoms. The van der Waals surface area contributed by atoms with E-state index in [2.05, 4.69) is 19.9 Å². The highest BCUT2D eigenvalue weighted by Gasteiger charge is 2.28. The first kappa shape index (κ1) is 14.7. The molecule has 1 aliphatic heterocycles. The lowest BCUT2D eigenvalue weighted by atomic mass is 10.0. The summed E-state index contributed by atoms with van der Waals surface area (Å²) in [5, 5.41) is 0. The van der Waals surface area contributed by atoms with Crippen molar-refractivity contribution in [2.24, 2.45) is 0 Å². The van der Waals surface area contributed by atoms with Gasteiger partial charge in [-0.15, -0.1) is 0 Å². The average molecular weight is 240 g/mol. The van der Waals surface area contributed by atoms with Gasteiger partial charge in [-0.2, -0.15) is 0 Å². The van der Waals surface area contributed by atoms with Gasteiger partial charge >= 0.3 is 0 Å². The second-order valence-electron chi connectivity index (χ2n) is 4.75. The summed E-state index contributed by atoms with van der Waals surface area (Å²) in [5.41, 5.74) is 1.46. The molecule has 0 aromatic carbocycles. The first-order valence-corrected chi connectivity index (χ1v) is 7.27. The molecule has 1 rings (SSSR count). The SMILES string of the molecule is CCCCCC/C=C1\CC(OCC)OC1CC. The van der Waals surface area contributed by atoms with Crippen LogP contribution in [0.25, 0.3) is 0 Å². The van der Waals surface area contributed by atoms with E-state index >= 15 is 0 Å². The van der Waals surface area contributed by atoms with E-state index in [0.717, 1.165) is 19.4 Å². The van der Waals surface area contributed by atoms with E-state index in [1.165, 1.54) is 37.7 Å². The third-order valence-corrected chi connectivity index (χ3v) is 3.32. The molecule has 0 aromatic heterocycles. The minimum absolute atomic E-state index is 0.00634. The van der Waals surface area contributed by atoms with Gasteiger partial charge in [-0.1, -0.05) is 39.2 Å². The molecule has 17 heavy (non-hydrogen) atoms. The first-order valence-electron chi connectivity index (χ1n) is 7.27. The summed E-state index contributed by atoms with van der Waals surface area (Å²) in [4.78, 5) is 0. The lowest BCUT2D eigenvalue weighted by molar-refractivity contribution is -0.129. The van der Waals surface area contributed by atoms with Crippen molar-refractivity contribution in [3.8, 4) is 0 Å². The minimum atomic E-state index is 0.00634. The number of allylic oxidation sites excluding steroid dienone is 1. The van der Waals surface area contributed by atoms with Gasteiger partial charge in [-0.3, -0.25) is 0 Å². The maximum absolute atomic E-state index is 5.85. The lowest BCUT2D eigenvalue weighted by Crippen LogP contribution is -2.13. The number of hydrogen-bond donors (Lipinski definition) is 0. The van der Waals surface area contributed by atoms with Crippen molar-refractivity contribution in [1.29, 1.82) is 0 Å². The van der Waals surface area contributed by atoms with Crippen LogP contribution in [0.3, 0.4) is 0 Å². The van der Waals surface area contributed by atoms with E-state index in [1.54, 1.807) is 0 Å². The fourth-order valence-electron chi connectivity index (χ4n) is 2.36. The standard InChI is InChI=1S/C15H28O2/c1-4-7-8-9-10-11-13-12-15(16-6-3)17-14(13)5-2/h11,14-15H,4-10,12H2,1-3H3/b13-11+. The Kier molecular flexibility index (Phi) is 7.54. The van der Waals surface area contributed by atoms with E-state index < -0.39 is 0 Å². The van der Waals surface area contributed by atoms with Crippen LogP contribution in [-0.4, -0.2) is 19.0 Å². The molecule has 2 unspecified atom stereocenters. The highest BCUT2D eigenvalue weighted by atomic mass is 16.7. The van der Waals surface area contributed by atoms with Crippen molar-refractivity contribution < 1.29 is 9.47 Å². The number of hydrogen-bond acceptors (Lipinski definition) is 2. The van der Waals surface area contributed by atoms with Gasteiger partial charge in [0.05, 0.1) is 6.10 Å². The Labute approximate surface area is 106 Å². The maximum Gasteiger partial charge on any atom is 0.162 e. The Balaban J connectivity index is 2.31. The summed E-state index contributed by atoms with van der Waals surface area (Å²) in [6.45, 7) is 7.20. The molecule has 1 heterocycles. The fourth-order valence-corrected chi connectivity index (χ4v) is 2.36. The molecule has 1 aliphatic rings. The van der Waals surface area contributed by atoms with Gasteiger partial charge in [-0.25, -0.2) is 0 Å². The number of unbranched alkanes of at least 4 members (excludes halogenated alkanes) is 4. The molecule has 0 N–H and O–H groups in total. The van der Waals surface area contributed by atoms with Crippen molar-refractivity contribution in [3.63, 3.8) is 0 Å². The Morgan fingerprint density at radius 1 is 1.24 bits per heavy atom. The predicted molar refractivity (Wildman–Crippen MR) is 72.0 cm³/mol. The molecule has 2 heteroatoms. The van der Waals surface area contributed by atoms with Crippen LogP contribution in [0.4, 0.5) is 0 Å². The Hall–Kier alpha value is -0.340. The zero-order valence-corrected chi connectivity index (χ0v) is 11.7. The summed E-state index contributed by atoms with van der Waals surface area (Å²) >= 11 is 0. The van der Waals surface area contributed by atoms with Crippen LogP contribution in [0.2, 0.25) is 0 Å². The normalized spacial score (nSPS) is 26.9. The van der Waals surface area contributed by atoms with E-state index in [1.807, 2.05) is 6.92 Å². The van der Waals surface area contributed by atoms with Crippen molar-refractivity contribution in [2.45, 2.75) is 78.1 Å².